The molecule has 2 N–H and O–H groups in total. The molecular weight excluding hydrogens is 195 g/mol. The average Bonchev–Trinajstić information content (AvgIpc) is 2.26. The Balaban J connectivity index is 2.50. The van der Waals surface area contributed by atoms with Crippen molar-refractivity contribution in [2.75, 3.05) is 13.6 Å². The number of carbonyl (C=O) groups is 1. The molecule has 0 aliphatic heterocycles. The van der Waals surface area contributed by atoms with Gasteiger partial charge >= 0.3 is 0 Å². The van der Waals surface area contributed by atoms with Crippen molar-refractivity contribution in [2.45, 2.75) is 13.0 Å². The van der Waals surface area contributed by atoms with Gasteiger partial charge in [-0.2, -0.15) is 0 Å². The second-order valence-electron chi connectivity index (χ2n) is 3.33. The first-order valence-corrected chi connectivity index (χ1v) is 4.83. The van der Waals surface area contributed by atoms with Gasteiger partial charge in [0, 0.05) is 13.1 Å². The summed E-state index contributed by atoms with van der Waals surface area (Å²) in [6.07, 6.45) is 0. The first kappa shape index (κ1) is 11.7. The Morgan fingerprint density at radius 3 is 2.53 bits per heavy atom. The summed E-state index contributed by atoms with van der Waals surface area (Å²) in [7, 11) is 1.59. The first-order chi connectivity index (χ1) is 7.13. The predicted octanol–water partition coefficient (Wildman–Crippen LogP) is 1.22. The molecule has 0 heterocycles. The molecule has 0 aromatic heterocycles. The third-order valence-corrected chi connectivity index (χ3v) is 2.22. The molecule has 1 aromatic rings. The van der Waals surface area contributed by atoms with E-state index in [1.165, 1.54) is 12.1 Å². The van der Waals surface area contributed by atoms with E-state index < -0.39 is 0 Å². The standard InChI is InChI=1S/C11H15FN2O/c1-8(14-7-11(15)13-2)9-3-5-10(12)6-4-9/h3-6,8,14H,7H2,1-2H3,(H,13,15). The molecule has 1 aromatic carbocycles. The van der Waals surface area contributed by atoms with Crippen molar-refractivity contribution >= 4 is 5.91 Å². The van der Waals surface area contributed by atoms with Crippen molar-refractivity contribution < 1.29 is 9.18 Å². The zero-order chi connectivity index (χ0) is 11.3. The lowest BCUT2D eigenvalue weighted by Crippen LogP contribution is -2.32. The molecule has 15 heavy (non-hydrogen) atoms. The zero-order valence-corrected chi connectivity index (χ0v) is 8.88. The minimum Gasteiger partial charge on any atom is -0.358 e. The Labute approximate surface area is 88.7 Å². The largest absolute Gasteiger partial charge is 0.358 e. The van der Waals surface area contributed by atoms with Gasteiger partial charge in [0.05, 0.1) is 6.54 Å². The summed E-state index contributed by atoms with van der Waals surface area (Å²) in [5, 5.41) is 5.55. The van der Waals surface area contributed by atoms with Gasteiger partial charge in [0.25, 0.3) is 0 Å². The summed E-state index contributed by atoms with van der Waals surface area (Å²) < 4.78 is 12.6. The first-order valence-electron chi connectivity index (χ1n) is 4.83. The highest BCUT2D eigenvalue weighted by Gasteiger charge is 2.06. The molecule has 0 bridgehead atoms. The molecule has 0 radical (unpaired) electrons. The van der Waals surface area contributed by atoms with E-state index in [4.69, 9.17) is 0 Å². The van der Waals surface area contributed by atoms with Gasteiger partial charge in [0.1, 0.15) is 5.82 Å². The summed E-state index contributed by atoms with van der Waals surface area (Å²) in [6, 6.07) is 6.26. The molecule has 1 atom stereocenters. The topological polar surface area (TPSA) is 41.1 Å². The van der Waals surface area contributed by atoms with Crippen LogP contribution < -0.4 is 10.6 Å². The van der Waals surface area contributed by atoms with Crippen LogP contribution in [0, 0.1) is 5.82 Å². The van der Waals surface area contributed by atoms with Crippen LogP contribution in [0.5, 0.6) is 0 Å². The van der Waals surface area contributed by atoms with Crippen molar-refractivity contribution in [3.8, 4) is 0 Å². The van der Waals surface area contributed by atoms with Crippen molar-refractivity contribution in [3.63, 3.8) is 0 Å². The highest BCUT2D eigenvalue weighted by atomic mass is 19.1. The number of hydrogen-bond acceptors (Lipinski definition) is 2. The number of amides is 1. The number of halogens is 1. The van der Waals surface area contributed by atoms with Gasteiger partial charge in [-0.05, 0) is 24.6 Å². The normalized spacial score (nSPS) is 12.2. The molecule has 1 rings (SSSR count). The quantitative estimate of drug-likeness (QED) is 0.784. The van der Waals surface area contributed by atoms with Crippen LogP contribution in [0.1, 0.15) is 18.5 Å². The van der Waals surface area contributed by atoms with Crippen LogP contribution >= 0.6 is 0 Å². The lowest BCUT2D eigenvalue weighted by atomic mass is 10.1. The number of hydrogen-bond donors (Lipinski definition) is 2. The Morgan fingerprint density at radius 1 is 1.40 bits per heavy atom. The van der Waals surface area contributed by atoms with E-state index in [-0.39, 0.29) is 24.3 Å². The summed E-state index contributed by atoms with van der Waals surface area (Å²) in [5.41, 5.74) is 0.959. The van der Waals surface area contributed by atoms with Gasteiger partial charge in [-0.3, -0.25) is 4.79 Å². The maximum absolute atomic E-state index is 12.6. The SMILES string of the molecule is CNC(=O)CNC(C)c1ccc(F)cc1. The average molecular weight is 210 g/mol. The summed E-state index contributed by atoms with van der Waals surface area (Å²) in [6.45, 7) is 2.19. The van der Waals surface area contributed by atoms with Crippen molar-refractivity contribution in [1.29, 1.82) is 0 Å². The van der Waals surface area contributed by atoms with Crippen molar-refractivity contribution in [2.24, 2.45) is 0 Å². The molecule has 4 heteroatoms. The van der Waals surface area contributed by atoms with Gasteiger partial charge in [-0.1, -0.05) is 12.1 Å². The second-order valence-corrected chi connectivity index (χ2v) is 3.33. The fourth-order valence-electron chi connectivity index (χ4n) is 1.20. The Morgan fingerprint density at radius 2 is 2.00 bits per heavy atom. The third kappa shape index (κ3) is 3.67. The van der Waals surface area contributed by atoms with E-state index in [2.05, 4.69) is 10.6 Å². The van der Waals surface area contributed by atoms with Crippen LogP contribution in [0.3, 0.4) is 0 Å². The number of nitrogens with one attached hydrogen (secondary N) is 2. The van der Waals surface area contributed by atoms with Gasteiger partial charge < -0.3 is 10.6 Å². The number of benzene rings is 1. The molecule has 1 amide bonds. The van der Waals surface area contributed by atoms with E-state index in [1.54, 1.807) is 19.2 Å². The van der Waals surface area contributed by atoms with Crippen molar-refractivity contribution in [3.05, 3.63) is 35.6 Å². The predicted molar refractivity (Wildman–Crippen MR) is 56.9 cm³/mol. The molecule has 3 nitrogen and oxygen atoms in total. The van der Waals surface area contributed by atoms with Crippen LogP contribution in [0.2, 0.25) is 0 Å². The molecule has 0 aliphatic carbocycles. The Bertz CT molecular complexity index is 324. The highest BCUT2D eigenvalue weighted by Crippen LogP contribution is 2.12. The van der Waals surface area contributed by atoms with Gasteiger partial charge in [-0.15, -0.1) is 0 Å². The summed E-state index contributed by atoms with van der Waals surface area (Å²) >= 11 is 0. The number of carbonyl (C=O) groups excluding carboxylic acids is 1. The molecule has 0 saturated heterocycles. The smallest absolute Gasteiger partial charge is 0.233 e. The maximum Gasteiger partial charge on any atom is 0.233 e. The summed E-state index contributed by atoms with van der Waals surface area (Å²) in [4.78, 5) is 11.0. The number of likely N-dealkylation sites (N-methyl/N-ethyl adjacent to an activating group) is 1. The van der Waals surface area contributed by atoms with Crippen LogP contribution in [0.25, 0.3) is 0 Å². The van der Waals surface area contributed by atoms with E-state index >= 15 is 0 Å². The van der Waals surface area contributed by atoms with Crippen molar-refractivity contribution in [1.82, 2.24) is 10.6 Å². The highest BCUT2D eigenvalue weighted by molar-refractivity contribution is 5.77. The number of rotatable bonds is 4. The molecule has 1 unspecified atom stereocenters. The fraction of sp³-hybridized carbons (Fsp3) is 0.364. The molecule has 0 aliphatic rings. The molecule has 0 saturated carbocycles. The lowest BCUT2D eigenvalue weighted by molar-refractivity contribution is -0.119. The fourth-order valence-corrected chi connectivity index (χ4v) is 1.20. The lowest BCUT2D eigenvalue weighted by Gasteiger charge is -2.13. The summed E-state index contributed by atoms with van der Waals surface area (Å²) in [5.74, 6) is -0.318. The van der Waals surface area contributed by atoms with Gasteiger partial charge in [-0.25, -0.2) is 4.39 Å². The minimum absolute atomic E-state index is 0.0305. The van der Waals surface area contributed by atoms with Crippen LogP contribution in [0.15, 0.2) is 24.3 Å². The van der Waals surface area contributed by atoms with E-state index in [9.17, 15) is 9.18 Å². The molecule has 0 fully saturated rings. The van der Waals surface area contributed by atoms with E-state index in [1.807, 2.05) is 6.92 Å². The zero-order valence-electron chi connectivity index (χ0n) is 8.88. The Kier molecular flexibility index (Phi) is 4.24. The van der Waals surface area contributed by atoms with Gasteiger partial charge in [0.2, 0.25) is 5.91 Å². The maximum atomic E-state index is 12.6. The van der Waals surface area contributed by atoms with Crippen LogP contribution in [-0.4, -0.2) is 19.5 Å². The molecule has 0 spiro atoms. The second kappa shape index (κ2) is 5.46. The van der Waals surface area contributed by atoms with Crippen LogP contribution in [-0.2, 0) is 4.79 Å². The Hall–Kier alpha value is -1.42. The van der Waals surface area contributed by atoms with Gasteiger partial charge in [0.15, 0.2) is 0 Å². The monoisotopic (exact) mass is 210 g/mol. The molecular formula is C11H15FN2O. The molecule has 82 valence electrons. The third-order valence-electron chi connectivity index (χ3n) is 2.22. The van der Waals surface area contributed by atoms with E-state index in [0.717, 1.165) is 5.56 Å². The minimum atomic E-state index is -0.253. The van der Waals surface area contributed by atoms with E-state index in [0.29, 0.717) is 0 Å². The van der Waals surface area contributed by atoms with Crippen LogP contribution in [0.4, 0.5) is 4.39 Å².